The molecule has 5 N–H and O–H groups in total. The molecule has 0 saturated carbocycles. The van der Waals surface area contributed by atoms with Crippen LogP contribution in [0.25, 0.3) is 10.8 Å². The van der Waals surface area contributed by atoms with Gasteiger partial charge in [0.2, 0.25) is 5.91 Å². The van der Waals surface area contributed by atoms with Gasteiger partial charge in [-0.15, -0.1) is 0 Å². The number of amides is 2. The number of nitrogens with zero attached hydrogens (tertiary/aromatic N) is 1. The summed E-state index contributed by atoms with van der Waals surface area (Å²) in [5.74, 6) is 0.299. The van der Waals surface area contributed by atoms with Gasteiger partial charge in [0, 0.05) is 29.4 Å². The first-order valence-electron chi connectivity index (χ1n) is 12.2. The lowest BCUT2D eigenvalue weighted by Crippen LogP contribution is -2.35. The van der Waals surface area contributed by atoms with Gasteiger partial charge in [-0.1, -0.05) is 30.3 Å². The van der Waals surface area contributed by atoms with E-state index in [1.54, 1.807) is 12.3 Å². The number of pyridine rings is 1. The highest BCUT2D eigenvalue weighted by atomic mass is 16.5. The number of aromatic nitrogens is 1. The van der Waals surface area contributed by atoms with Crippen LogP contribution >= 0.6 is 0 Å². The van der Waals surface area contributed by atoms with Crippen LogP contribution in [0, 0.1) is 6.92 Å². The van der Waals surface area contributed by atoms with Crippen molar-refractivity contribution in [1.82, 2.24) is 10.3 Å². The van der Waals surface area contributed by atoms with E-state index >= 15 is 0 Å². The third-order valence-electron chi connectivity index (χ3n) is 6.66. The summed E-state index contributed by atoms with van der Waals surface area (Å²) in [6.07, 6.45) is 1.73. The number of benzene rings is 3. The lowest BCUT2D eigenvalue weighted by Gasteiger charge is -2.24. The molecule has 4 aromatic rings. The van der Waals surface area contributed by atoms with Crippen molar-refractivity contribution in [1.29, 1.82) is 0 Å². The normalized spacial score (nSPS) is 18.1. The standard InChI is InChI=1S/C29H29N5O3/c1-17-14-22-7-6-19(17)11-13-37-29(36)34-23-5-3-4-20(15-23)18(2)32-28(35)26(22)33-24-8-9-25-21(16-24)10-12-31-27(25)30/h3-10,12,14-16,18,26,33H,11,13H2,1-2H3,(H2,30,31)(H,32,35)(H,34,36)/t18-,26?/m0/s1. The Bertz CT molecular complexity index is 1490. The maximum absolute atomic E-state index is 13.7. The summed E-state index contributed by atoms with van der Waals surface area (Å²) in [4.78, 5) is 30.1. The number of fused-ring (bicyclic) bond motifs is 10. The molecule has 37 heavy (non-hydrogen) atoms. The maximum Gasteiger partial charge on any atom is 0.411 e. The monoisotopic (exact) mass is 495 g/mol. The summed E-state index contributed by atoms with van der Waals surface area (Å²) in [7, 11) is 0. The van der Waals surface area contributed by atoms with Gasteiger partial charge >= 0.3 is 6.09 Å². The molecule has 2 amide bonds. The van der Waals surface area contributed by atoms with Gasteiger partial charge in [0.25, 0.3) is 0 Å². The Morgan fingerprint density at radius 1 is 1.03 bits per heavy atom. The van der Waals surface area contributed by atoms with Crippen LogP contribution in [0.5, 0.6) is 0 Å². The number of hydrogen-bond acceptors (Lipinski definition) is 6. The minimum absolute atomic E-state index is 0.168. The van der Waals surface area contributed by atoms with E-state index < -0.39 is 12.1 Å². The second-order valence-corrected chi connectivity index (χ2v) is 9.26. The fourth-order valence-electron chi connectivity index (χ4n) is 4.61. The molecule has 8 heteroatoms. The lowest BCUT2D eigenvalue weighted by molar-refractivity contribution is -0.122. The number of aryl methyl sites for hydroxylation is 1. The predicted molar refractivity (Wildman–Crippen MR) is 145 cm³/mol. The van der Waals surface area contributed by atoms with Crippen molar-refractivity contribution in [2.24, 2.45) is 0 Å². The van der Waals surface area contributed by atoms with E-state index in [-0.39, 0.29) is 18.6 Å². The van der Waals surface area contributed by atoms with E-state index in [9.17, 15) is 9.59 Å². The number of ether oxygens (including phenoxy) is 1. The van der Waals surface area contributed by atoms with Gasteiger partial charge in [0.15, 0.2) is 0 Å². The summed E-state index contributed by atoms with van der Waals surface area (Å²) < 4.78 is 5.39. The molecule has 2 aliphatic rings. The zero-order valence-corrected chi connectivity index (χ0v) is 20.7. The molecule has 2 atom stereocenters. The predicted octanol–water partition coefficient (Wildman–Crippen LogP) is 5.26. The number of nitrogen functional groups attached to an aromatic ring is 1. The highest BCUT2D eigenvalue weighted by Gasteiger charge is 2.24. The first kappa shape index (κ1) is 24.1. The Kier molecular flexibility index (Phi) is 6.64. The molecule has 8 nitrogen and oxygen atoms in total. The number of carbonyl (C=O) groups excluding carboxylic acids is 2. The van der Waals surface area contributed by atoms with E-state index in [2.05, 4.69) is 20.9 Å². The molecule has 0 saturated heterocycles. The Balaban J connectivity index is 1.52. The number of hydrogen-bond donors (Lipinski definition) is 4. The number of carbonyl (C=O) groups is 2. The average molecular weight is 496 g/mol. The van der Waals surface area contributed by atoms with Gasteiger partial charge in [-0.2, -0.15) is 0 Å². The minimum Gasteiger partial charge on any atom is -0.449 e. The second kappa shape index (κ2) is 10.2. The molecular formula is C29H29N5O3. The van der Waals surface area contributed by atoms with Gasteiger partial charge in [-0.25, -0.2) is 9.78 Å². The molecular weight excluding hydrogens is 466 g/mol. The summed E-state index contributed by atoms with van der Waals surface area (Å²) >= 11 is 0. The third kappa shape index (κ3) is 5.33. The fourth-order valence-corrected chi connectivity index (χ4v) is 4.61. The molecule has 3 aromatic carbocycles. The van der Waals surface area contributed by atoms with Crippen LogP contribution in [0.2, 0.25) is 0 Å². The van der Waals surface area contributed by atoms with Gasteiger partial charge in [0.1, 0.15) is 11.9 Å². The van der Waals surface area contributed by atoms with Crippen molar-refractivity contribution < 1.29 is 14.3 Å². The molecule has 2 aliphatic heterocycles. The van der Waals surface area contributed by atoms with Crippen molar-refractivity contribution in [3.05, 3.63) is 95.2 Å². The highest BCUT2D eigenvalue weighted by molar-refractivity contribution is 5.94. The molecule has 3 heterocycles. The SMILES string of the molecule is Cc1cc2ccc1CCOC(=O)Nc1cccc(c1)[C@H](C)NC(=O)C2Nc1ccc2c(N)nccc2c1. The molecule has 1 aromatic heterocycles. The minimum atomic E-state index is -0.640. The van der Waals surface area contributed by atoms with Crippen molar-refractivity contribution in [3.63, 3.8) is 0 Å². The van der Waals surface area contributed by atoms with Crippen LogP contribution in [0.3, 0.4) is 0 Å². The quantitative estimate of drug-likeness (QED) is 0.301. The zero-order valence-electron chi connectivity index (χ0n) is 20.7. The number of anilines is 3. The van der Waals surface area contributed by atoms with Crippen LogP contribution in [-0.2, 0) is 16.0 Å². The van der Waals surface area contributed by atoms with Crippen molar-refractivity contribution in [3.8, 4) is 0 Å². The van der Waals surface area contributed by atoms with E-state index in [0.29, 0.717) is 17.9 Å². The van der Waals surface area contributed by atoms with Gasteiger partial charge < -0.3 is 21.1 Å². The first-order valence-corrected chi connectivity index (χ1v) is 12.2. The zero-order chi connectivity index (χ0) is 25.9. The Hall–Kier alpha value is -4.59. The third-order valence-corrected chi connectivity index (χ3v) is 6.66. The van der Waals surface area contributed by atoms with E-state index in [0.717, 1.165) is 38.7 Å². The summed E-state index contributed by atoms with van der Waals surface area (Å²) in [5.41, 5.74) is 11.2. The molecule has 0 aliphatic carbocycles. The number of nitrogens with one attached hydrogen (secondary N) is 3. The van der Waals surface area contributed by atoms with E-state index in [1.807, 2.05) is 74.5 Å². The number of nitrogens with two attached hydrogens (primary N) is 1. The Morgan fingerprint density at radius 2 is 1.89 bits per heavy atom. The topological polar surface area (TPSA) is 118 Å². The lowest BCUT2D eigenvalue weighted by atomic mass is 9.97. The van der Waals surface area contributed by atoms with Crippen LogP contribution in [0.4, 0.5) is 22.0 Å². The van der Waals surface area contributed by atoms with Crippen molar-refractivity contribution >= 4 is 40.0 Å². The van der Waals surface area contributed by atoms with Gasteiger partial charge in [0.05, 0.1) is 12.6 Å². The van der Waals surface area contributed by atoms with Crippen LogP contribution < -0.4 is 21.7 Å². The fraction of sp³-hybridized carbons (Fsp3) is 0.207. The highest BCUT2D eigenvalue weighted by Crippen LogP contribution is 2.28. The van der Waals surface area contributed by atoms with Crippen LogP contribution in [0.1, 0.15) is 41.3 Å². The molecule has 0 radical (unpaired) electrons. The molecule has 4 bridgehead atoms. The smallest absolute Gasteiger partial charge is 0.411 e. The first-order chi connectivity index (χ1) is 17.9. The maximum atomic E-state index is 13.7. The van der Waals surface area contributed by atoms with E-state index in [4.69, 9.17) is 10.5 Å². The van der Waals surface area contributed by atoms with Crippen molar-refractivity contribution in [2.75, 3.05) is 23.0 Å². The molecule has 1 unspecified atom stereocenters. The Morgan fingerprint density at radius 3 is 2.73 bits per heavy atom. The average Bonchev–Trinajstić information content (AvgIpc) is 2.88. The van der Waals surface area contributed by atoms with E-state index in [1.165, 1.54) is 0 Å². The molecule has 188 valence electrons. The molecule has 6 rings (SSSR count). The van der Waals surface area contributed by atoms with Gasteiger partial charge in [-0.3, -0.25) is 10.1 Å². The van der Waals surface area contributed by atoms with Crippen LogP contribution in [-0.4, -0.2) is 23.6 Å². The Labute approximate surface area is 215 Å². The number of rotatable bonds is 2. The summed E-state index contributed by atoms with van der Waals surface area (Å²) in [6.45, 7) is 4.16. The summed E-state index contributed by atoms with van der Waals surface area (Å²) in [5, 5.41) is 11.1. The largest absolute Gasteiger partial charge is 0.449 e. The second-order valence-electron chi connectivity index (χ2n) is 9.26. The molecule has 0 fully saturated rings. The van der Waals surface area contributed by atoms with Gasteiger partial charge in [-0.05, 0) is 77.9 Å². The van der Waals surface area contributed by atoms with Crippen LogP contribution in [0.15, 0.2) is 72.9 Å². The molecule has 0 spiro atoms. The summed E-state index contributed by atoms with van der Waals surface area (Å²) in [6, 6.07) is 20.0. The van der Waals surface area contributed by atoms with Crippen molar-refractivity contribution in [2.45, 2.75) is 32.4 Å².